The first-order valence-corrected chi connectivity index (χ1v) is 9.89. The number of methoxy groups -OCH3 is 1. The Morgan fingerprint density at radius 3 is 2.77 bits per heavy atom. The highest BCUT2D eigenvalue weighted by molar-refractivity contribution is 5.77. The number of anilines is 1. The predicted octanol–water partition coefficient (Wildman–Crippen LogP) is 0.897. The van der Waals surface area contributed by atoms with Gasteiger partial charge in [0.1, 0.15) is 0 Å². The van der Waals surface area contributed by atoms with Gasteiger partial charge in [0.25, 0.3) is 5.56 Å². The Bertz CT molecular complexity index is 1110. The van der Waals surface area contributed by atoms with Gasteiger partial charge in [-0.25, -0.2) is 4.98 Å². The smallest absolute Gasteiger partial charge is 0.321 e. The number of benzene rings is 1. The fourth-order valence-corrected chi connectivity index (χ4v) is 3.37. The number of nitrogens with one attached hydrogen (secondary N) is 1. The van der Waals surface area contributed by atoms with E-state index in [1.807, 2.05) is 6.07 Å². The lowest BCUT2D eigenvalue weighted by molar-refractivity contribution is -0.121. The van der Waals surface area contributed by atoms with Crippen molar-refractivity contribution >= 4 is 22.8 Å². The monoisotopic (exact) mass is 409 g/mol. The molecule has 1 amide bonds. The van der Waals surface area contributed by atoms with Crippen LogP contribution in [0.3, 0.4) is 0 Å². The number of para-hydroxylation sites is 1. The molecule has 1 aromatic carbocycles. The van der Waals surface area contributed by atoms with Crippen LogP contribution in [-0.2, 0) is 17.9 Å². The van der Waals surface area contributed by atoms with Crippen LogP contribution in [0.5, 0.6) is 6.01 Å². The maximum absolute atomic E-state index is 12.5. The van der Waals surface area contributed by atoms with Crippen molar-refractivity contribution in [2.24, 2.45) is 0 Å². The van der Waals surface area contributed by atoms with Crippen molar-refractivity contribution in [3.8, 4) is 6.01 Å². The molecule has 0 unspecified atom stereocenters. The van der Waals surface area contributed by atoms with E-state index in [4.69, 9.17) is 4.74 Å². The van der Waals surface area contributed by atoms with Gasteiger partial charge in [0.15, 0.2) is 5.82 Å². The minimum Gasteiger partial charge on any atom is -0.467 e. The topological polar surface area (TPSA) is 115 Å². The number of carbonyl (C=O) groups is 1. The molecule has 0 spiro atoms. The minimum atomic E-state index is -0.211. The average molecular weight is 409 g/mol. The van der Waals surface area contributed by atoms with Crippen LogP contribution in [0.4, 0.5) is 5.95 Å². The number of fused-ring (bicyclic) bond motifs is 1. The van der Waals surface area contributed by atoms with E-state index in [0.717, 1.165) is 25.9 Å². The standard InChI is InChI=1S/C20H23N7O3/c1-30-20-24-16(23-19(25-20)26-9-4-5-10-26)12-21-17(28)8-11-27-13-22-15-7-3-2-6-14(15)18(27)29/h2-3,6-7,13H,4-5,8-12H2,1H3,(H,21,28). The summed E-state index contributed by atoms with van der Waals surface area (Å²) in [6.45, 7) is 2.19. The number of ether oxygens (including phenoxy) is 1. The zero-order valence-corrected chi connectivity index (χ0v) is 16.7. The Hall–Kier alpha value is -3.56. The zero-order valence-electron chi connectivity index (χ0n) is 16.7. The lowest BCUT2D eigenvalue weighted by Crippen LogP contribution is -2.28. The maximum Gasteiger partial charge on any atom is 0.321 e. The van der Waals surface area contributed by atoms with Crippen LogP contribution in [0.1, 0.15) is 25.1 Å². The van der Waals surface area contributed by atoms with Gasteiger partial charge < -0.3 is 15.0 Å². The summed E-state index contributed by atoms with van der Waals surface area (Å²) in [5.74, 6) is 0.788. The van der Waals surface area contributed by atoms with Gasteiger partial charge in [-0.1, -0.05) is 12.1 Å². The van der Waals surface area contributed by atoms with Gasteiger partial charge in [-0.05, 0) is 25.0 Å². The normalized spacial score (nSPS) is 13.6. The Labute approximate surface area is 173 Å². The van der Waals surface area contributed by atoms with E-state index >= 15 is 0 Å². The van der Waals surface area contributed by atoms with Crippen molar-refractivity contribution < 1.29 is 9.53 Å². The number of nitrogens with zero attached hydrogens (tertiary/aromatic N) is 6. The van der Waals surface area contributed by atoms with E-state index < -0.39 is 0 Å². The SMILES string of the molecule is COc1nc(CNC(=O)CCn2cnc3ccccc3c2=O)nc(N2CCCC2)n1. The predicted molar refractivity (Wildman–Crippen MR) is 110 cm³/mol. The van der Waals surface area contributed by atoms with Gasteiger partial charge in [-0.15, -0.1) is 0 Å². The first-order valence-electron chi connectivity index (χ1n) is 9.89. The van der Waals surface area contributed by atoms with Crippen LogP contribution in [0.15, 0.2) is 35.4 Å². The molecule has 0 atom stereocenters. The molecule has 0 bridgehead atoms. The number of amides is 1. The number of aromatic nitrogens is 5. The molecule has 2 aromatic heterocycles. The highest BCUT2D eigenvalue weighted by Gasteiger charge is 2.18. The van der Waals surface area contributed by atoms with E-state index in [-0.39, 0.29) is 37.0 Å². The van der Waals surface area contributed by atoms with Gasteiger partial charge in [-0.3, -0.25) is 14.2 Å². The lowest BCUT2D eigenvalue weighted by atomic mass is 10.2. The number of hydrogen-bond donors (Lipinski definition) is 1. The summed E-state index contributed by atoms with van der Waals surface area (Å²) < 4.78 is 6.61. The summed E-state index contributed by atoms with van der Waals surface area (Å²) in [5, 5.41) is 3.33. The minimum absolute atomic E-state index is 0.140. The number of hydrogen-bond acceptors (Lipinski definition) is 8. The molecule has 30 heavy (non-hydrogen) atoms. The molecule has 10 nitrogen and oxygen atoms in total. The summed E-state index contributed by atoms with van der Waals surface area (Å²) >= 11 is 0. The van der Waals surface area contributed by atoms with E-state index in [0.29, 0.717) is 22.7 Å². The fraction of sp³-hybridized carbons (Fsp3) is 0.400. The van der Waals surface area contributed by atoms with Gasteiger partial charge >= 0.3 is 6.01 Å². The summed E-state index contributed by atoms with van der Waals surface area (Å²) in [6.07, 6.45) is 3.81. The molecule has 0 saturated carbocycles. The summed E-state index contributed by atoms with van der Waals surface area (Å²) in [6, 6.07) is 7.37. The fourth-order valence-electron chi connectivity index (χ4n) is 3.37. The second-order valence-electron chi connectivity index (χ2n) is 7.02. The van der Waals surface area contributed by atoms with Crippen molar-refractivity contribution in [1.29, 1.82) is 0 Å². The summed E-state index contributed by atoms with van der Waals surface area (Å²) in [4.78, 5) is 44.1. The molecule has 10 heteroatoms. The molecular weight excluding hydrogens is 386 g/mol. The average Bonchev–Trinajstić information content (AvgIpc) is 3.32. The quantitative estimate of drug-likeness (QED) is 0.612. The van der Waals surface area contributed by atoms with E-state index in [9.17, 15) is 9.59 Å². The second-order valence-corrected chi connectivity index (χ2v) is 7.02. The van der Waals surface area contributed by atoms with Crippen molar-refractivity contribution in [2.75, 3.05) is 25.1 Å². The van der Waals surface area contributed by atoms with Crippen molar-refractivity contribution in [3.05, 3.63) is 46.8 Å². The summed E-state index contributed by atoms with van der Waals surface area (Å²) in [7, 11) is 1.50. The number of carbonyl (C=O) groups excluding carboxylic acids is 1. The Morgan fingerprint density at radius 2 is 1.97 bits per heavy atom. The van der Waals surface area contributed by atoms with Crippen LogP contribution in [-0.4, -0.2) is 50.6 Å². The third kappa shape index (κ3) is 4.37. The molecule has 4 rings (SSSR count). The molecule has 3 heterocycles. The molecule has 1 aliphatic heterocycles. The first-order chi connectivity index (χ1) is 14.6. The van der Waals surface area contributed by atoms with Gasteiger partial charge in [-0.2, -0.15) is 15.0 Å². The molecule has 0 aliphatic carbocycles. The molecular formula is C20H23N7O3. The zero-order chi connectivity index (χ0) is 20.9. The third-order valence-electron chi connectivity index (χ3n) is 4.98. The molecule has 156 valence electrons. The lowest BCUT2D eigenvalue weighted by Gasteiger charge is -2.16. The Balaban J connectivity index is 1.37. The van der Waals surface area contributed by atoms with E-state index in [1.165, 1.54) is 18.0 Å². The van der Waals surface area contributed by atoms with Crippen LogP contribution in [0.25, 0.3) is 10.9 Å². The highest BCUT2D eigenvalue weighted by Crippen LogP contribution is 2.17. The van der Waals surface area contributed by atoms with Crippen LogP contribution in [0.2, 0.25) is 0 Å². The Morgan fingerprint density at radius 1 is 1.17 bits per heavy atom. The number of rotatable bonds is 7. The largest absolute Gasteiger partial charge is 0.467 e. The molecule has 1 saturated heterocycles. The van der Waals surface area contributed by atoms with Gasteiger partial charge in [0.05, 0.1) is 30.9 Å². The van der Waals surface area contributed by atoms with Crippen LogP contribution < -0.4 is 20.5 Å². The highest BCUT2D eigenvalue weighted by atomic mass is 16.5. The van der Waals surface area contributed by atoms with Crippen LogP contribution in [0, 0.1) is 0 Å². The molecule has 3 aromatic rings. The van der Waals surface area contributed by atoms with E-state index in [1.54, 1.807) is 18.2 Å². The molecule has 1 fully saturated rings. The molecule has 0 radical (unpaired) electrons. The summed E-state index contributed by atoms with van der Waals surface area (Å²) in [5.41, 5.74) is 0.478. The number of aryl methyl sites for hydroxylation is 1. The molecule has 1 N–H and O–H groups in total. The third-order valence-corrected chi connectivity index (χ3v) is 4.98. The first kappa shape index (κ1) is 19.7. The van der Waals surface area contributed by atoms with Crippen molar-refractivity contribution in [3.63, 3.8) is 0 Å². The van der Waals surface area contributed by atoms with Crippen molar-refractivity contribution in [1.82, 2.24) is 29.8 Å². The second kappa shape index (κ2) is 8.85. The Kier molecular flexibility index (Phi) is 5.82. The maximum atomic E-state index is 12.5. The van der Waals surface area contributed by atoms with E-state index in [2.05, 4.69) is 30.2 Å². The van der Waals surface area contributed by atoms with Crippen LogP contribution >= 0.6 is 0 Å². The van der Waals surface area contributed by atoms with Gasteiger partial charge in [0, 0.05) is 26.1 Å². The van der Waals surface area contributed by atoms with Crippen molar-refractivity contribution in [2.45, 2.75) is 32.4 Å². The van der Waals surface area contributed by atoms with Gasteiger partial charge in [0.2, 0.25) is 11.9 Å². The molecule has 1 aliphatic rings.